The summed E-state index contributed by atoms with van der Waals surface area (Å²) in [7, 11) is 0. The molecule has 0 aliphatic rings. The fraction of sp³-hybridized carbons (Fsp3) is 0.0769. The monoisotopic (exact) mass is 280 g/mol. The molecular weight excluding hydrogens is 272 g/mol. The third kappa shape index (κ3) is 2.61. The van der Waals surface area contributed by atoms with E-state index in [0.29, 0.717) is 0 Å². The van der Waals surface area contributed by atoms with Crippen LogP contribution in [0.15, 0.2) is 59.1 Å². The zero-order chi connectivity index (χ0) is 10.7. The molecule has 0 saturated heterocycles. The Morgan fingerprint density at radius 3 is 1.93 bits per heavy atom. The lowest BCUT2D eigenvalue weighted by Crippen LogP contribution is -1.91. The lowest BCUT2D eigenvalue weighted by molar-refractivity contribution is 1.14. The van der Waals surface area contributed by atoms with E-state index in [-0.39, 0.29) is 5.38 Å². The fourth-order valence-corrected chi connectivity index (χ4v) is 2.00. The predicted molar refractivity (Wildman–Crippen MR) is 68.3 cm³/mol. The number of hydrogen-bond acceptors (Lipinski definition) is 0. The first-order chi connectivity index (χ1) is 7.27. The van der Waals surface area contributed by atoms with Crippen LogP contribution in [-0.4, -0.2) is 0 Å². The second kappa shape index (κ2) is 4.82. The van der Waals surface area contributed by atoms with Crippen LogP contribution >= 0.6 is 27.5 Å². The summed E-state index contributed by atoms with van der Waals surface area (Å²) in [6.45, 7) is 0. The van der Waals surface area contributed by atoms with Crippen molar-refractivity contribution in [1.82, 2.24) is 0 Å². The van der Waals surface area contributed by atoms with Gasteiger partial charge in [-0.05, 0) is 23.3 Å². The first-order valence-electron chi connectivity index (χ1n) is 4.72. The normalized spacial score (nSPS) is 12.4. The van der Waals surface area contributed by atoms with Crippen molar-refractivity contribution in [3.8, 4) is 0 Å². The van der Waals surface area contributed by atoms with Gasteiger partial charge in [-0.15, -0.1) is 11.6 Å². The molecular formula is C13H10BrCl. The molecule has 0 aliphatic heterocycles. The fourth-order valence-electron chi connectivity index (χ4n) is 1.45. The third-order valence-electron chi connectivity index (χ3n) is 2.25. The maximum atomic E-state index is 6.37. The van der Waals surface area contributed by atoms with Crippen molar-refractivity contribution in [2.45, 2.75) is 5.38 Å². The molecule has 2 aromatic rings. The summed E-state index contributed by atoms with van der Waals surface area (Å²) in [5.74, 6) is 0. The predicted octanol–water partition coefficient (Wildman–Crippen LogP) is 4.78. The van der Waals surface area contributed by atoms with Crippen molar-refractivity contribution in [1.29, 1.82) is 0 Å². The average Bonchev–Trinajstić information content (AvgIpc) is 2.30. The average molecular weight is 282 g/mol. The zero-order valence-electron chi connectivity index (χ0n) is 8.03. The molecule has 0 N–H and O–H groups in total. The highest BCUT2D eigenvalue weighted by Gasteiger charge is 2.09. The second-order valence-corrected chi connectivity index (χ2v) is 4.68. The Labute approximate surface area is 103 Å². The molecule has 0 spiro atoms. The molecule has 1 unspecified atom stereocenters. The van der Waals surface area contributed by atoms with Crippen LogP contribution in [0.3, 0.4) is 0 Å². The summed E-state index contributed by atoms with van der Waals surface area (Å²) < 4.78 is 1.07. The highest BCUT2D eigenvalue weighted by atomic mass is 79.9. The van der Waals surface area contributed by atoms with Crippen LogP contribution in [0.1, 0.15) is 16.5 Å². The lowest BCUT2D eigenvalue weighted by atomic mass is 10.0. The SMILES string of the molecule is ClC(c1ccccc1)c1ccc(Br)cc1. The molecule has 1 atom stereocenters. The number of rotatable bonds is 2. The van der Waals surface area contributed by atoms with Gasteiger partial charge in [0.25, 0.3) is 0 Å². The van der Waals surface area contributed by atoms with Crippen molar-refractivity contribution in [3.63, 3.8) is 0 Å². The van der Waals surface area contributed by atoms with Crippen LogP contribution in [0.4, 0.5) is 0 Å². The van der Waals surface area contributed by atoms with E-state index in [4.69, 9.17) is 11.6 Å². The number of halogens is 2. The first-order valence-corrected chi connectivity index (χ1v) is 5.95. The number of alkyl halides is 1. The van der Waals surface area contributed by atoms with Crippen LogP contribution in [0, 0.1) is 0 Å². The van der Waals surface area contributed by atoms with E-state index in [1.165, 1.54) is 0 Å². The topological polar surface area (TPSA) is 0 Å². The van der Waals surface area contributed by atoms with Gasteiger partial charge in [0.15, 0.2) is 0 Å². The highest BCUT2D eigenvalue weighted by Crippen LogP contribution is 2.29. The van der Waals surface area contributed by atoms with Gasteiger partial charge in [0, 0.05) is 4.47 Å². The second-order valence-electron chi connectivity index (χ2n) is 3.32. The van der Waals surface area contributed by atoms with Crippen LogP contribution in [0.5, 0.6) is 0 Å². The van der Waals surface area contributed by atoms with Gasteiger partial charge in [0.2, 0.25) is 0 Å². The minimum Gasteiger partial charge on any atom is -0.113 e. The molecule has 0 aliphatic carbocycles. The highest BCUT2D eigenvalue weighted by molar-refractivity contribution is 9.10. The van der Waals surface area contributed by atoms with Crippen molar-refractivity contribution >= 4 is 27.5 Å². The van der Waals surface area contributed by atoms with Gasteiger partial charge in [-0.2, -0.15) is 0 Å². The van der Waals surface area contributed by atoms with E-state index < -0.39 is 0 Å². The maximum absolute atomic E-state index is 6.37. The molecule has 0 saturated carbocycles. The molecule has 2 rings (SSSR count). The smallest absolute Gasteiger partial charge is 0.0835 e. The summed E-state index contributed by atoms with van der Waals surface area (Å²) in [5.41, 5.74) is 2.24. The van der Waals surface area contributed by atoms with Crippen LogP contribution in [0.25, 0.3) is 0 Å². The van der Waals surface area contributed by atoms with Gasteiger partial charge >= 0.3 is 0 Å². The van der Waals surface area contributed by atoms with Gasteiger partial charge in [0.1, 0.15) is 0 Å². The molecule has 0 nitrogen and oxygen atoms in total. The summed E-state index contributed by atoms with van der Waals surface area (Å²) >= 11 is 9.78. The summed E-state index contributed by atoms with van der Waals surface area (Å²) in [6.07, 6.45) is 0. The Morgan fingerprint density at radius 1 is 0.800 bits per heavy atom. The van der Waals surface area contributed by atoms with Gasteiger partial charge in [0.05, 0.1) is 5.38 Å². The first kappa shape index (κ1) is 10.7. The molecule has 0 bridgehead atoms. The maximum Gasteiger partial charge on any atom is 0.0835 e. The Bertz CT molecular complexity index is 422. The van der Waals surface area contributed by atoms with E-state index in [9.17, 15) is 0 Å². The molecule has 0 amide bonds. The quantitative estimate of drug-likeness (QED) is 0.695. The standard InChI is InChI=1S/C13H10BrCl/c14-12-8-6-11(7-9-12)13(15)10-4-2-1-3-5-10/h1-9,13H. The molecule has 0 heterocycles. The van der Waals surface area contributed by atoms with Gasteiger partial charge in [-0.25, -0.2) is 0 Å². The number of hydrogen-bond donors (Lipinski definition) is 0. The Morgan fingerprint density at radius 2 is 1.33 bits per heavy atom. The van der Waals surface area contributed by atoms with E-state index in [2.05, 4.69) is 15.9 Å². The summed E-state index contributed by atoms with van der Waals surface area (Å²) in [4.78, 5) is 0. The van der Waals surface area contributed by atoms with E-state index in [1.54, 1.807) is 0 Å². The molecule has 0 radical (unpaired) electrons. The van der Waals surface area contributed by atoms with Crippen molar-refractivity contribution in [2.24, 2.45) is 0 Å². The lowest BCUT2D eigenvalue weighted by Gasteiger charge is -2.09. The van der Waals surface area contributed by atoms with E-state index >= 15 is 0 Å². The molecule has 15 heavy (non-hydrogen) atoms. The molecule has 2 aromatic carbocycles. The van der Waals surface area contributed by atoms with E-state index in [1.807, 2.05) is 54.6 Å². The van der Waals surface area contributed by atoms with E-state index in [0.717, 1.165) is 15.6 Å². The number of benzene rings is 2. The third-order valence-corrected chi connectivity index (χ3v) is 3.29. The largest absolute Gasteiger partial charge is 0.113 e. The molecule has 0 fully saturated rings. The zero-order valence-corrected chi connectivity index (χ0v) is 10.4. The van der Waals surface area contributed by atoms with Crippen molar-refractivity contribution < 1.29 is 0 Å². The molecule has 2 heteroatoms. The van der Waals surface area contributed by atoms with Crippen molar-refractivity contribution in [2.75, 3.05) is 0 Å². The van der Waals surface area contributed by atoms with Crippen LogP contribution in [0.2, 0.25) is 0 Å². The minimum absolute atomic E-state index is 0.0701. The van der Waals surface area contributed by atoms with Gasteiger partial charge < -0.3 is 0 Å². The van der Waals surface area contributed by atoms with Gasteiger partial charge in [-0.3, -0.25) is 0 Å². The summed E-state index contributed by atoms with van der Waals surface area (Å²) in [6, 6.07) is 18.2. The van der Waals surface area contributed by atoms with Crippen LogP contribution in [-0.2, 0) is 0 Å². The summed E-state index contributed by atoms with van der Waals surface area (Å²) in [5, 5.41) is -0.0701. The minimum atomic E-state index is -0.0701. The van der Waals surface area contributed by atoms with Crippen LogP contribution < -0.4 is 0 Å². The van der Waals surface area contributed by atoms with Gasteiger partial charge in [-0.1, -0.05) is 58.4 Å². The Hall–Kier alpha value is -0.790. The Balaban J connectivity index is 2.29. The molecule has 0 aromatic heterocycles. The molecule has 76 valence electrons. The van der Waals surface area contributed by atoms with Crippen molar-refractivity contribution in [3.05, 3.63) is 70.2 Å². The Kier molecular flexibility index (Phi) is 3.45.